The average molecular weight is 197 g/mol. The maximum atomic E-state index is 9.92. The van der Waals surface area contributed by atoms with Crippen LogP contribution in [0.15, 0.2) is 0 Å². The molecule has 0 heterocycles. The van der Waals surface area contributed by atoms with Crippen molar-refractivity contribution in [3.8, 4) is 0 Å². The highest BCUT2D eigenvalue weighted by Crippen LogP contribution is 2.14. The summed E-state index contributed by atoms with van der Waals surface area (Å²) in [5, 5.41) is 0. The molecule has 1 atom stereocenters. The second kappa shape index (κ2) is 10.7. The van der Waals surface area contributed by atoms with Crippen molar-refractivity contribution in [1.29, 1.82) is 0 Å². The van der Waals surface area contributed by atoms with Gasteiger partial charge in [0.15, 0.2) is 6.29 Å². The van der Waals surface area contributed by atoms with E-state index in [4.69, 9.17) is 0 Å². The molecule has 0 aromatic rings. The Morgan fingerprint density at radius 3 is 2.14 bits per heavy atom. The monoisotopic (exact) mass is 197 g/mol. The van der Waals surface area contributed by atoms with Gasteiger partial charge in [-0.25, -0.2) is 0 Å². The highest BCUT2D eigenvalue weighted by molar-refractivity contribution is 5.50. The van der Waals surface area contributed by atoms with Crippen LogP contribution >= 0.6 is 0 Å². The molecule has 1 nitrogen and oxygen atoms in total. The summed E-state index contributed by atoms with van der Waals surface area (Å²) in [4.78, 5) is 9.92. The van der Waals surface area contributed by atoms with Crippen molar-refractivity contribution in [2.45, 2.75) is 71.6 Å². The minimum atomic E-state index is 0.632. The largest absolute Gasteiger partial charge is 0.291 e. The van der Waals surface area contributed by atoms with Gasteiger partial charge >= 0.3 is 0 Å². The van der Waals surface area contributed by atoms with Gasteiger partial charge < -0.3 is 0 Å². The van der Waals surface area contributed by atoms with Crippen molar-refractivity contribution in [2.24, 2.45) is 5.92 Å². The molecule has 14 heavy (non-hydrogen) atoms. The number of unbranched alkanes of at least 4 members (excludes halogenated alkanes) is 6. The summed E-state index contributed by atoms with van der Waals surface area (Å²) in [7, 11) is 0. The van der Waals surface area contributed by atoms with Gasteiger partial charge in [0.2, 0.25) is 0 Å². The predicted molar refractivity (Wildman–Crippen MR) is 62.1 cm³/mol. The molecule has 0 fully saturated rings. The zero-order valence-corrected chi connectivity index (χ0v) is 9.85. The molecule has 0 aliphatic rings. The maximum absolute atomic E-state index is 9.92. The second-order valence-corrected chi connectivity index (χ2v) is 4.32. The standard InChI is InChI=1S/C13H25O/c1-3-13(2)11-9-7-5-4-6-8-10-12-14/h13H,3-11H2,1-2H3. The van der Waals surface area contributed by atoms with E-state index in [1.165, 1.54) is 44.9 Å². The molecule has 0 saturated carbocycles. The Bertz CT molecular complexity index is 120. The Balaban J connectivity index is 2.95. The van der Waals surface area contributed by atoms with Crippen LogP contribution < -0.4 is 0 Å². The molecule has 1 unspecified atom stereocenters. The fraction of sp³-hybridized carbons (Fsp3) is 0.923. The number of carbonyl (C=O) groups excluding carboxylic acids is 1. The summed E-state index contributed by atoms with van der Waals surface area (Å²) in [6, 6.07) is 0. The van der Waals surface area contributed by atoms with Gasteiger partial charge in [-0.2, -0.15) is 0 Å². The van der Waals surface area contributed by atoms with E-state index < -0.39 is 0 Å². The molecule has 0 aromatic heterocycles. The first-order valence-corrected chi connectivity index (χ1v) is 6.16. The minimum Gasteiger partial charge on any atom is -0.291 e. The van der Waals surface area contributed by atoms with Crippen molar-refractivity contribution in [2.75, 3.05) is 0 Å². The Morgan fingerprint density at radius 2 is 1.57 bits per heavy atom. The normalized spacial score (nSPS) is 12.7. The van der Waals surface area contributed by atoms with Crippen LogP contribution in [0.25, 0.3) is 0 Å². The molecule has 0 saturated heterocycles. The van der Waals surface area contributed by atoms with Gasteiger partial charge in [0.05, 0.1) is 0 Å². The average Bonchev–Trinajstić information content (AvgIpc) is 2.21. The highest BCUT2D eigenvalue weighted by atomic mass is 16.1. The van der Waals surface area contributed by atoms with Crippen LogP contribution in [-0.4, -0.2) is 6.29 Å². The van der Waals surface area contributed by atoms with E-state index in [1.54, 1.807) is 0 Å². The lowest BCUT2D eigenvalue weighted by Crippen LogP contribution is -1.91. The van der Waals surface area contributed by atoms with Gasteiger partial charge in [0.1, 0.15) is 0 Å². The van der Waals surface area contributed by atoms with Crippen molar-refractivity contribution in [3.05, 3.63) is 0 Å². The van der Waals surface area contributed by atoms with Gasteiger partial charge in [0, 0.05) is 6.42 Å². The second-order valence-electron chi connectivity index (χ2n) is 4.32. The van der Waals surface area contributed by atoms with Gasteiger partial charge in [-0.05, 0) is 12.3 Å². The van der Waals surface area contributed by atoms with Crippen molar-refractivity contribution in [3.63, 3.8) is 0 Å². The van der Waals surface area contributed by atoms with Gasteiger partial charge in [-0.15, -0.1) is 0 Å². The van der Waals surface area contributed by atoms with Crippen LogP contribution in [0.1, 0.15) is 71.6 Å². The van der Waals surface area contributed by atoms with Crippen LogP contribution in [0.5, 0.6) is 0 Å². The smallest absolute Gasteiger partial charge is 0.198 e. The SMILES string of the molecule is CCC(C)CCCCCCCC[C]=O. The van der Waals surface area contributed by atoms with E-state index >= 15 is 0 Å². The van der Waals surface area contributed by atoms with Crippen LogP contribution in [0, 0.1) is 5.92 Å². The fourth-order valence-electron chi connectivity index (χ4n) is 1.60. The predicted octanol–water partition coefficient (Wildman–Crippen LogP) is 4.26. The van der Waals surface area contributed by atoms with Crippen molar-refractivity contribution < 1.29 is 4.79 Å². The molecule has 1 radical (unpaired) electrons. The molecule has 0 spiro atoms. The first-order chi connectivity index (χ1) is 6.81. The van der Waals surface area contributed by atoms with E-state index in [0.29, 0.717) is 6.42 Å². The topological polar surface area (TPSA) is 17.1 Å². The Morgan fingerprint density at radius 1 is 1.00 bits per heavy atom. The lowest BCUT2D eigenvalue weighted by molar-refractivity contribution is 0.471. The van der Waals surface area contributed by atoms with E-state index in [1.807, 2.05) is 6.29 Å². The number of hydrogen-bond donors (Lipinski definition) is 0. The quantitative estimate of drug-likeness (QED) is 0.478. The molecule has 1 heteroatoms. The van der Waals surface area contributed by atoms with Crippen LogP contribution in [0.2, 0.25) is 0 Å². The van der Waals surface area contributed by atoms with Crippen molar-refractivity contribution in [1.82, 2.24) is 0 Å². The molecule has 0 bridgehead atoms. The summed E-state index contributed by atoms with van der Waals surface area (Å²) in [5.41, 5.74) is 0. The summed E-state index contributed by atoms with van der Waals surface area (Å²) < 4.78 is 0. The molecule has 0 rings (SSSR count). The third kappa shape index (κ3) is 9.76. The third-order valence-electron chi connectivity index (χ3n) is 2.92. The van der Waals surface area contributed by atoms with Gasteiger partial charge in [-0.1, -0.05) is 58.8 Å². The lowest BCUT2D eigenvalue weighted by Gasteiger charge is -2.07. The molecular weight excluding hydrogens is 172 g/mol. The molecule has 0 N–H and O–H groups in total. The van der Waals surface area contributed by atoms with E-state index in [0.717, 1.165) is 12.3 Å². The Labute approximate surface area is 89.3 Å². The lowest BCUT2D eigenvalue weighted by atomic mass is 10.00. The summed E-state index contributed by atoms with van der Waals surface area (Å²) >= 11 is 0. The number of hydrogen-bond acceptors (Lipinski definition) is 1. The minimum absolute atomic E-state index is 0.632. The Kier molecular flexibility index (Phi) is 10.5. The highest BCUT2D eigenvalue weighted by Gasteiger charge is 1.97. The number of rotatable bonds is 10. The molecule has 83 valence electrons. The van der Waals surface area contributed by atoms with Crippen molar-refractivity contribution >= 4 is 6.29 Å². The summed E-state index contributed by atoms with van der Waals surface area (Å²) in [6.45, 7) is 4.60. The van der Waals surface area contributed by atoms with E-state index in [-0.39, 0.29) is 0 Å². The molecule has 0 aromatic carbocycles. The zero-order valence-electron chi connectivity index (χ0n) is 9.85. The Hall–Kier alpha value is -0.330. The summed E-state index contributed by atoms with van der Waals surface area (Å²) in [5.74, 6) is 0.902. The maximum Gasteiger partial charge on any atom is 0.198 e. The molecule has 0 aliphatic carbocycles. The third-order valence-corrected chi connectivity index (χ3v) is 2.92. The van der Waals surface area contributed by atoms with E-state index in [2.05, 4.69) is 13.8 Å². The molecular formula is C13H25O. The molecule has 0 amide bonds. The fourth-order valence-corrected chi connectivity index (χ4v) is 1.60. The van der Waals surface area contributed by atoms with Crippen LogP contribution in [0.3, 0.4) is 0 Å². The van der Waals surface area contributed by atoms with E-state index in [9.17, 15) is 4.79 Å². The van der Waals surface area contributed by atoms with Crippen LogP contribution in [0.4, 0.5) is 0 Å². The first kappa shape index (κ1) is 13.7. The zero-order chi connectivity index (χ0) is 10.6. The molecule has 0 aliphatic heterocycles. The van der Waals surface area contributed by atoms with Crippen LogP contribution in [-0.2, 0) is 4.79 Å². The van der Waals surface area contributed by atoms with Gasteiger partial charge in [-0.3, -0.25) is 4.79 Å². The summed E-state index contributed by atoms with van der Waals surface area (Å²) in [6.07, 6.45) is 12.9. The first-order valence-electron chi connectivity index (χ1n) is 6.16. The van der Waals surface area contributed by atoms with Gasteiger partial charge in [0.25, 0.3) is 0 Å².